The topological polar surface area (TPSA) is 102 Å². The summed E-state index contributed by atoms with van der Waals surface area (Å²) in [7, 11) is 0. The number of hydrogen-bond donors (Lipinski definition) is 1. The van der Waals surface area contributed by atoms with Gasteiger partial charge in [-0.1, -0.05) is 11.6 Å². The van der Waals surface area contributed by atoms with E-state index in [1.54, 1.807) is 32.0 Å². The van der Waals surface area contributed by atoms with E-state index in [2.05, 4.69) is 5.32 Å². The summed E-state index contributed by atoms with van der Waals surface area (Å²) in [6.07, 6.45) is 0. The number of nitrogens with zero attached hydrogens (tertiary/aromatic N) is 2. The van der Waals surface area contributed by atoms with Gasteiger partial charge in [0.15, 0.2) is 5.60 Å². The molecule has 1 aliphatic heterocycles. The van der Waals surface area contributed by atoms with Crippen molar-refractivity contribution in [3.05, 3.63) is 57.6 Å². The van der Waals surface area contributed by atoms with Crippen molar-refractivity contribution >= 4 is 40.5 Å². The Morgan fingerprint density at radius 1 is 1.26 bits per heavy atom. The summed E-state index contributed by atoms with van der Waals surface area (Å²) >= 11 is 6.02. The second kappa shape index (κ2) is 6.88. The summed E-state index contributed by atoms with van der Waals surface area (Å²) in [4.78, 5) is 36.6. The molecule has 3 rings (SSSR count). The van der Waals surface area contributed by atoms with Crippen molar-refractivity contribution in [1.82, 2.24) is 0 Å². The molecule has 0 unspecified atom stereocenters. The van der Waals surface area contributed by atoms with E-state index in [4.69, 9.17) is 16.3 Å². The van der Waals surface area contributed by atoms with Crippen LogP contribution in [0.15, 0.2) is 42.5 Å². The van der Waals surface area contributed by atoms with Crippen molar-refractivity contribution in [3.63, 3.8) is 0 Å². The fourth-order valence-corrected chi connectivity index (χ4v) is 2.87. The normalized spacial score (nSPS) is 14.9. The molecular formula is C18H16ClN3O5. The number of amides is 2. The lowest BCUT2D eigenvalue weighted by Gasteiger charge is -2.38. The minimum Gasteiger partial charge on any atom is -0.476 e. The Hall–Kier alpha value is -3.13. The monoisotopic (exact) mass is 389 g/mol. The van der Waals surface area contributed by atoms with Gasteiger partial charge in [0.05, 0.1) is 10.6 Å². The number of fused-ring (bicyclic) bond motifs is 1. The highest BCUT2D eigenvalue weighted by molar-refractivity contribution is 6.31. The van der Waals surface area contributed by atoms with Gasteiger partial charge in [-0.3, -0.25) is 24.6 Å². The molecule has 2 amide bonds. The third-order valence-corrected chi connectivity index (χ3v) is 4.24. The van der Waals surface area contributed by atoms with Crippen LogP contribution in [0.2, 0.25) is 5.02 Å². The average molecular weight is 390 g/mol. The molecule has 0 radical (unpaired) electrons. The first-order valence-electron chi connectivity index (χ1n) is 8.02. The molecule has 8 nitrogen and oxygen atoms in total. The van der Waals surface area contributed by atoms with E-state index in [0.717, 1.165) is 0 Å². The summed E-state index contributed by atoms with van der Waals surface area (Å²) < 4.78 is 5.71. The fraction of sp³-hybridized carbons (Fsp3) is 0.222. The Morgan fingerprint density at radius 2 is 1.93 bits per heavy atom. The molecule has 0 saturated carbocycles. The van der Waals surface area contributed by atoms with Gasteiger partial charge in [-0.05, 0) is 44.2 Å². The van der Waals surface area contributed by atoms with E-state index in [1.807, 2.05) is 0 Å². The number of rotatable bonds is 4. The first-order chi connectivity index (χ1) is 12.7. The number of halogens is 1. The largest absolute Gasteiger partial charge is 0.476 e. The minimum absolute atomic E-state index is 0.0818. The molecule has 0 saturated heterocycles. The van der Waals surface area contributed by atoms with E-state index in [1.165, 1.54) is 29.2 Å². The maximum absolute atomic E-state index is 12.7. The van der Waals surface area contributed by atoms with Crippen molar-refractivity contribution in [2.24, 2.45) is 0 Å². The number of ether oxygens (including phenoxy) is 1. The Kier molecular flexibility index (Phi) is 4.75. The molecule has 1 aliphatic rings. The number of benzene rings is 2. The zero-order valence-electron chi connectivity index (χ0n) is 14.6. The zero-order valence-corrected chi connectivity index (χ0v) is 15.3. The van der Waals surface area contributed by atoms with Crippen molar-refractivity contribution in [2.75, 3.05) is 16.8 Å². The highest BCUT2D eigenvalue weighted by Gasteiger charge is 2.41. The van der Waals surface area contributed by atoms with Gasteiger partial charge in [-0.2, -0.15) is 0 Å². The molecule has 2 aromatic carbocycles. The molecule has 0 aliphatic carbocycles. The highest BCUT2D eigenvalue weighted by atomic mass is 35.5. The molecular weight excluding hydrogens is 374 g/mol. The minimum atomic E-state index is -1.13. The van der Waals surface area contributed by atoms with Gasteiger partial charge in [0.1, 0.15) is 12.3 Å². The Bertz CT molecular complexity index is 927. The van der Waals surface area contributed by atoms with E-state index in [9.17, 15) is 19.7 Å². The average Bonchev–Trinajstić information content (AvgIpc) is 2.60. The Balaban J connectivity index is 1.81. The molecule has 0 bridgehead atoms. The summed E-state index contributed by atoms with van der Waals surface area (Å²) in [6, 6.07) is 10.3. The van der Waals surface area contributed by atoms with Crippen LogP contribution in [0.1, 0.15) is 13.8 Å². The highest BCUT2D eigenvalue weighted by Crippen LogP contribution is 2.39. The van der Waals surface area contributed by atoms with Crippen LogP contribution < -0.4 is 15.0 Å². The number of hydrogen-bond acceptors (Lipinski definition) is 5. The Labute approximate surface area is 159 Å². The molecule has 1 N–H and O–H groups in total. The van der Waals surface area contributed by atoms with E-state index >= 15 is 0 Å². The summed E-state index contributed by atoms with van der Waals surface area (Å²) in [6.45, 7) is 2.98. The second-order valence-corrected chi connectivity index (χ2v) is 6.90. The van der Waals surface area contributed by atoms with Crippen LogP contribution in [0.25, 0.3) is 0 Å². The van der Waals surface area contributed by atoms with Gasteiger partial charge < -0.3 is 10.1 Å². The number of carbonyl (C=O) groups excluding carboxylic acids is 2. The van der Waals surface area contributed by atoms with Crippen LogP contribution in [0.3, 0.4) is 0 Å². The van der Waals surface area contributed by atoms with Crippen molar-refractivity contribution in [3.8, 4) is 5.75 Å². The van der Waals surface area contributed by atoms with E-state index in [-0.39, 0.29) is 18.1 Å². The van der Waals surface area contributed by atoms with Gasteiger partial charge in [0, 0.05) is 22.8 Å². The lowest BCUT2D eigenvalue weighted by atomic mass is 10.0. The Morgan fingerprint density at radius 3 is 2.56 bits per heavy atom. The zero-order chi connectivity index (χ0) is 19.8. The molecule has 2 aromatic rings. The molecule has 0 spiro atoms. The fourth-order valence-electron chi connectivity index (χ4n) is 2.71. The van der Waals surface area contributed by atoms with Crippen molar-refractivity contribution in [2.45, 2.75) is 19.4 Å². The predicted molar refractivity (Wildman–Crippen MR) is 100 cm³/mol. The number of nitro benzene ring substituents is 1. The number of anilines is 2. The molecule has 1 heterocycles. The number of non-ortho nitro benzene ring substituents is 1. The molecule has 0 aromatic heterocycles. The standard InChI is InChI=1S/C18H16ClN3O5/c1-18(2)17(24)21(14-9-11(19)3-8-15(14)27-18)10-16(23)20-12-4-6-13(7-5-12)22(25)26/h3-9H,10H2,1-2H3,(H,20,23). The first kappa shape index (κ1) is 18.7. The molecule has 9 heteroatoms. The van der Waals surface area contributed by atoms with Crippen LogP contribution >= 0.6 is 11.6 Å². The van der Waals surface area contributed by atoms with Crippen molar-refractivity contribution < 1.29 is 19.2 Å². The maximum Gasteiger partial charge on any atom is 0.271 e. The third-order valence-electron chi connectivity index (χ3n) is 4.00. The van der Waals surface area contributed by atoms with Gasteiger partial charge in [-0.25, -0.2) is 0 Å². The van der Waals surface area contributed by atoms with Gasteiger partial charge in [0.25, 0.3) is 11.6 Å². The second-order valence-electron chi connectivity index (χ2n) is 6.47. The molecule has 27 heavy (non-hydrogen) atoms. The van der Waals surface area contributed by atoms with Crippen LogP contribution in [-0.2, 0) is 9.59 Å². The van der Waals surface area contributed by atoms with E-state index in [0.29, 0.717) is 22.1 Å². The van der Waals surface area contributed by atoms with Gasteiger partial charge in [-0.15, -0.1) is 0 Å². The predicted octanol–water partition coefficient (Wildman–Crippen LogP) is 3.39. The lowest BCUT2D eigenvalue weighted by Crippen LogP contribution is -2.54. The van der Waals surface area contributed by atoms with Crippen LogP contribution in [0, 0.1) is 10.1 Å². The SMILES string of the molecule is CC1(C)Oc2ccc(Cl)cc2N(CC(=O)Nc2ccc([N+](=O)[O-])cc2)C1=O. The summed E-state index contributed by atoms with van der Waals surface area (Å²) in [5.74, 6) is -0.385. The number of carbonyl (C=O) groups is 2. The van der Waals surface area contributed by atoms with Crippen LogP contribution in [-0.4, -0.2) is 28.9 Å². The molecule has 0 fully saturated rings. The first-order valence-corrected chi connectivity index (χ1v) is 8.40. The smallest absolute Gasteiger partial charge is 0.271 e. The molecule has 0 atom stereocenters. The van der Waals surface area contributed by atoms with Gasteiger partial charge >= 0.3 is 0 Å². The lowest BCUT2D eigenvalue weighted by molar-refractivity contribution is -0.384. The summed E-state index contributed by atoms with van der Waals surface area (Å²) in [5, 5.41) is 13.7. The number of nitrogens with one attached hydrogen (secondary N) is 1. The van der Waals surface area contributed by atoms with Crippen LogP contribution in [0.4, 0.5) is 17.1 Å². The quantitative estimate of drug-likeness (QED) is 0.637. The summed E-state index contributed by atoms with van der Waals surface area (Å²) in [5.41, 5.74) is -0.418. The van der Waals surface area contributed by atoms with E-state index < -0.39 is 16.4 Å². The maximum atomic E-state index is 12.7. The number of nitro groups is 1. The molecule has 140 valence electrons. The van der Waals surface area contributed by atoms with Crippen LogP contribution in [0.5, 0.6) is 5.75 Å². The third kappa shape index (κ3) is 3.85. The van der Waals surface area contributed by atoms with Gasteiger partial charge in [0.2, 0.25) is 5.91 Å². The van der Waals surface area contributed by atoms with Crippen molar-refractivity contribution in [1.29, 1.82) is 0 Å².